The molecule has 2 aromatic heterocycles. The molecule has 0 N–H and O–H groups in total. The molecule has 10 heteroatoms. The largest absolute Gasteiger partial charge is 0.374 e. The fourth-order valence-corrected chi connectivity index (χ4v) is 4.17. The van der Waals surface area contributed by atoms with E-state index in [1.54, 1.807) is 5.51 Å². The van der Waals surface area contributed by atoms with E-state index in [1.807, 2.05) is 4.90 Å². The van der Waals surface area contributed by atoms with Crippen LogP contribution in [0.5, 0.6) is 5.75 Å². The predicted octanol–water partition coefficient (Wildman–Crippen LogP) is 3.18. The standard InChI is InChI=1S/C19H17F2N5O2S/c20-12-4-15(17-16(5-12)29-10-24-17)28-26(18(27)11-2-1-3-11)14-8-25(9-14)19-22-6-13(21)7-23-19/h4-7,10-11,14H,1-3,8-9H2. The van der Waals surface area contributed by atoms with Gasteiger partial charge in [0, 0.05) is 25.1 Å². The molecule has 7 nitrogen and oxygen atoms in total. The highest BCUT2D eigenvalue weighted by Gasteiger charge is 2.41. The number of amides is 1. The average Bonchev–Trinajstić information content (AvgIpc) is 3.08. The molecule has 3 heterocycles. The number of hydrogen-bond acceptors (Lipinski definition) is 7. The quantitative estimate of drug-likeness (QED) is 0.594. The van der Waals surface area contributed by atoms with Crippen molar-refractivity contribution in [1.82, 2.24) is 20.0 Å². The van der Waals surface area contributed by atoms with E-state index in [-0.39, 0.29) is 23.6 Å². The molecule has 29 heavy (non-hydrogen) atoms. The van der Waals surface area contributed by atoms with Crippen LogP contribution in [0.4, 0.5) is 14.7 Å². The number of hydrogen-bond donors (Lipinski definition) is 0. The Labute approximate surface area is 168 Å². The number of aromatic nitrogens is 3. The second-order valence-corrected chi connectivity index (χ2v) is 8.13. The van der Waals surface area contributed by atoms with E-state index in [1.165, 1.54) is 28.5 Å². The molecule has 1 saturated heterocycles. The van der Waals surface area contributed by atoms with E-state index in [0.29, 0.717) is 29.3 Å². The third-order valence-electron chi connectivity index (χ3n) is 5.32. The summed E-state index contributed by atoms with van der Waals surface area (Å²) in [5, 5.41) is 1.36. The summed E-state index contributed by atoms with van der Waals surface area (Å²) in [5.74, 6) is -0.506. The molecule has 1 aromatic carbocycles. The second kappa shape index (κ2) is 7.18. The highest BCUT2D eigenvalue weighted by atomic mass is 32.1. The number of rotatable bonds is 5. The van der Waals surface area contributed by atoms with Gasteiger partial charge in [-0.2, -0.15) is 5.06 Å². The maximum Gasteiger partial charge on any atom is 0.258 e. The van der Waals surface area contributed by atoms with E-state index in [4.69, 9.17) is 4.84 Å². The van der Waals surface area contributed by atoms with Crippen LogP contribution in [0.15, 0.2) is 30.0 Å². The molecule has 0 unspecified atom stereocenters. The lowest BCUT2D eigenvalue weighted by Gasteiger charge is -2.45. The van der Waals surface area contributed by atoms with Crippen molar-refractivity contribution in [3.05, 3.63) is 41.7 Å². The van der Waals surface area contributed by atoms with Crippen LogP contribution in [-0.4, -0.2) is 45.1 Å². The first-order chi connectivity index (χ1) is 14.1. The molecule has 1 saturated carbocycles. The first-order valence-electron chi connectivity index (χ1n) is 9.35. The molecule has 1 amide bonds. The van der Waals surface area contributed by atoms with Gasteiger partial charge in [0.25, 0.3) is 5.91 Å². The Kier molecular flexibility index (Phi) is 4.50. The normalized spacial score (nSPS) is 17.1. The zero-order valence-electron chi connectivity index (χ0n) is 15.3. The number of anilines is 1. The van der Waals surface area contributed by atoms with Gasteiger partial charge in [0.05, 0.1) is 22.6 Å². The molecule has 3 aromatic rings. The van der Waals surface area contributed by atoms with Crippen LogP contribution in [0, 0.1) is 17.6 Å². The maximum atomic E-state index is 14.0. The lowest BCUT2D eigenvalue weighted by Crippen LogP contribution is -2.63. The van der Waals surface area contributed by atoms with Crippen molar-refractivity contribution in [2.45, 2.75) is 25.3 Å². The van der Waals surface area contributed by atoms with E-state index in [9.17, 15) is 13.6 Å². The van der Waals surface area contributed by atoms with E-state index in [0.717, 1.165) is 31.7 Å². The summed E-state index contributed by atoms with van der Waals surface area (Å²) in [5.41, 5.74) is 2.15. The zero-order valence-corrected chi connectivity index (χ0v) is 16.1. The van der Waals surface area contributed by atoms with E-state index in [2.05, 4.69) is 15.0 Å². The van der Waals surface area contributed by atoms with Crippen molar-refractivity contribution in [3.8, 4) is 5.75 Å². The van der Waals surface area contributed by atoms with Crippen LogP contribution in [0.3, 0.4) is 0 Å². The Morgan fingerprint density at radius 2 is 1.90 bits per heavy atom. The fraction of sp³-hybridized carbons (Fsp3) is 0.368. The number of halogens is 2. The minimum absolute atomic E-state index is 0.0781. The minimum atomic E-state index is -0.505. The number of carbonyl (C=O) groups excluding carboxylic acids is 1. The average molecular weight is 417 g/mol. The van der Waals surface area contributed by atoms with Gasteiger partial charge >= 0.3 is 0 Å². The fourth-order valence-electron chi connectivity index (χ4n) is 3.45. The Hall–Kier alpha value is -2.88. The van der Waals surface area contributed by atoms with Gasteiger partial charge in [0.2, 0.25) is 5.95 Å². The minimum Gasteiger partial charge on any atom is -0.374 e. The van der Waals surface area contributed by atoms with Crippen LogP contribution in [0.1, 0.15) is 19.3 Å². The van der Waals surface area contributed by atoms with Crippen molar-refractivity contribution in [3.63, 3.8) is 0 Å². The molecule has 1 aliphatic carbocycles. The first kappa shape index (κ1) is 18.2. The molecule has 0 spiro atoms. The van der Waals surface area contributed by atoms with Crippen molar-refractivity contribution in [2.24, 2.45) is 5.92 Å². The number of fused-ring (bicyclic) bond motifs is 1. The summed E-state index contributed by atoms with van der Waals surface area (Å²) in [4.78, 5) is 33.0. The van der Waals surface area contributed by atoms with Crippen LogP contribution < -0.4 is 9.74 Å². The number of benzene rings is 1. The molecule has 0 bridgehead atoms. The van der Waals surface area contributed by atoms with Gasteiger partial charge in [-0.15, -0.1) is 11.3 Å². The third-order valence-corrected chi connectivity index (χ3v) is 6.09. The van der Waals surface area contributed by atoms with Gasteiger partial charge in [-0.3, -0.25) is 4.79 Å². The van der Waals surface area contributed by atoms with Crippen molar-refractivity contribution in [2.75, 3.05) is 18.0 Å². The van der Waals surface area contributed by atoms with Gasteiger partial charge < -0.3 is 9.74 Å². The Bertz CT molecular complexity index is 1050. The summed E-state index contributed by atoms with van der Waals surface area (Å²) in [6.45, 7) is 0.888. The Balaban J connectivity index is 1.38. The molecular formula is C19H17F2N5O2S. The summed E-state index contributed by atoms with van der Waals surface area (Å²) in [6, 6.07) is 2.41. The summed E-state index contributed by atoms with van der Waals surface area (Å²) in [7, 11) is 0. The van der Waals surface area contributed by atoms with Gasteiger partial charge in [0.15, 0.2) is 11.6 Å². The smallest absolute Gasteiger partial charge is 0.258 e. The van der Waals surface area contributed by atoms with Gasteiger partial charge in [-0.05, 0) is 18.9 Å². The maximum absolute atomic E-state index is 14.0. The Morgan fingerprint density at radius 1 is 1.14 bits per heavy atom. The van der Waals surface area contributed by atoms with Crippen LogP contribution in [0.25, 0.3) is 10.2 Å². The molecule has 2 aliphatic rings. The number of hydroxylamine groups is 2. The number of carbonyl (C=O) groups is 1. The van der Waals surface area contributed by atoms with Crippen molar-refractivity contribution < 1.29 is 18.4 Å². The molecule has 0 radical (unpaired) electrons. The highest BCUT2D eigenvalue weighted by Crippen LogP contribution is 2.34. The second-order valence-electron chi connectivity index (χ2n) is 7.25. The molecular weight excluding hydrogens is 400 g/mol. The van der Waals surface area contributed by atoms with E-state index >= 15 is 0 Å². The lowest BCUT2D eigenvalue weighted by molar-refractivity contribution is -0.175. The molecule has 150 valence electrons. The van der Waals surface area contributed by atoms with Crippen molar-refractivity contribution >= 4 is 33.4 Å². The van der Waals surface area contributed by atoms with Crippen LogP contribution in [0.2, 0.25) is 0 Å². The van der Waals surface area contributed by atoms with Crippen LogP contribution >= 0.6 is 11.3 Å². The number of thiazole rings is 1. The van der Waals surface area contributed by atoms with Gasteiger partial charge in [-0.25, -0.2) is 23.7 Å². The van der Waals surface area contributed by atoms with Gasteiger partial charge in [-0.1, -0.05) is 6.42 Å². The first-order valence-corrected chi connectivity index (χ1v) is 10.2. The molecule has 5 rings (SSSR count). The SMILES string of the molecule is O=C(C1CCC1)N(Oc1cc(F)cc2scnc12)C1CN(c2ncc(F)cn2)C1. The highest BCUT2D eigenvalue weighted by molar-refractivity contribution is 7.16. The third kappa shape index (κ3) is 3.37. The van der Waals surface area contributed by atoms with Gasteiger partial charge in [0.1, 0.15) is 17.4 Å². The predicted molar refractivity (Wildman–Crippen MR) is 102 cm³/mol. The zero-order chi connectivity index (χ0) is 20.0. The summed E-state index contributed by atoms with van der Waals surface area (Å²) >= 11 is 1.31. The summed E-state index contributed by atoms with van der Waals surface area (Å²) < 4.78 is 27.7. The Morgan fingerprint density at radius 3 is 2.59 bits per heavy atom. The summed E-state index contributed by atoms with van der Waals surface area (Å²) in [6.07, 6.45) is 4.88. The monoisotopic (exact) mass is 417 g/mol. The number of nitrogens with zero attached hydrogens (tertiary/aromatic N) is 5. The topological polar surface area (TPSA) is 71.5 Å². The van der Waals surface area contributed by atoms with Crippen molar-refractivity contribution in [1.29, 1.82) is 0 Å². The molecule has 0 atom stereocenters. The van der Waals surface area contributed by atoms with Crippen LogP contribution in [-0.2, 0) is 4.79 Å². The lowest BCUT2D eigenvalue weighted by atomic mass is 9.84. The molecule has 1 aliphatic heterocycles. The molecule has 2 fully saturated rings. The van der Waals surface area contributed by atoms with E-state index < -0.39 is 11.6 Å².